The maximum Gasteiger partial charge on any atom is 0.271 e. The van der Waals surface area contributed by atoms with Gasteiger partial charge < -0.3 is 5.73 Å². The summed E-state index contributed by atoms with van der Waals surface area (Å²) in [6, 6.07) is 3.54. The molecule has 10 heteroatoms. The van der Waals surface area contributed by atoms with Gasteiger partial charge in [-0.1, -0.05) is 0 Å². The number of fused-ring (bicyclic) bond motifs is 2. The Kier molecular flexibility index (Phi) is 4.94. The van der Waals surface area contributed by atoms with Gasteiger partial charge in [0.05, 0.1) is 16.6 Å². The molecule has 0 aliphatic heterocycles. The second-order valence-electron chi connectivity index (χ2n) is 8.07. The first-order valence-electron chi connectivity index (χ1n) is 10.1. The topological polar surface area (TPSA) is 80.9 Å². The van der Waals surface area contributed by atoms with Gasteiger partial charge >= 0.3 is 0 Å². The number of nitrogens with zero attached hydrogens (tertiary/aromatic N) is 1. The third kappa shape index (κ3) is 3.08. The Balaban J connectivity index is 1.93. The minimum absolute atomic E-state index is 0.0407. The molecule has 4 aromatic rings. The van der Waals surface area contributed by atoms with E-state index in [0.717, 1.165) is 34.3 Å². The van der Waals surface area contributed by atoms with Crippen LogP contribution in [0.4, 0.5) is 17.6 Å². The largest absolute Gasteiger partial charge is 0.328 e. The number of pyridine rings is 1. The first-order chi connectivity index (χ1) is 15.3. The van der Waals surface area contributed by atoms with Gasteiger partial charge in [-0.25, -0.2) is 17.6 Å². The molecule has 32 heavy (non-hydrogen) atoms. The summed E-state index contributed by atoms with van der Waals surface area (Å²) in [5.74, 6) is -4.22. The summed E-state index contributed by atoms with van der Waals surface area (Å²) in [7, 11) is 0. The predicted molar refractivity (Wildman–Crippen MR) is 115 cm³/mol. The average Bonchev–Trinajstić information content (AvgIpc) is 3.13. The van der Waals surface area contributed by atoms with Crippen LogP contribution in [0.1, 0.15) is 37.2 Å². The van der Waals surface area contributed by atoms with Crippen molar-refractivity contribution >= 4 is 32.7 Å². The van der Waals surface area contributed by atoms with Gasteiger partial charge in [-0.05, 0) is 61.3 Å². The molecule has 1 saturated carbocycles. The fraction of sp³-hybridized carbons (Fsp3) is 0.273. The van der Waals surface area contributed by atoms with Gasteiger partial charge in [-0.2, -0.15) is 0 Å². The summed E-state index contributed by atoms with van der Waals surface area (Å²) in [6.07, 6.45) is 2.13. The molecule has 2 heterocycles. The van der Waals surface area contributed by atoms with Crippen molar-refractivity contribution in [3.05, 3.63) is 73.7 Å². The molecule has 1 fully saturated rings. The highest BCUT2D eigenvalue weighted by atomic mass is 32.1. The third-order valence-corrected chi connectivity index (χ3v) is 7.01. The normalized spacial score (nSPS) is 19.2. The average molecular weight is 463 g/mol. The minimum Gasteiger partial charge on any atom is -0.328 e. The molecule has 0 unspecified atom stereocenters. The highest BCUT2D eigenvalue weighted by Gasteiger charge is 2.30. The Morgan fingerprint density at radius 2 is 1.72 bits per heavy atom. The highest BCUT2D eigenvalue weighted by Crippen LogP contribution is 2.38. The zero-order chi connectivity index (χ0) is 22.7. The van der Waals surface area contributed by atoms with Crippen molar-refractivity contribution in [3.8, 4) is 5.69 Å². The number of halogens is 4. The van der Waals surface area contributed by atoms with E-state index in [1.807, 2.05) is 0 Å². The van der Waals surface area contributed by atoms with Crippen LogP contribution >= 0.6 is 11.5 Å². The molecule has 0 radical (unpaired) electrons. The quantitative estimate of drug-likeness (QED) is 0.432. The van der Waals surface area contributed by atoms with Crippen molar-refractivity contribution in [3.63, 3.8) is 0 Å². The Hall–Kier alpha value is -2.98. The number of aromatic amines is 1. The molecule has 166 valence electrons. The van der Waals surface area contributed by atoms with Gasteiger partial charge in [0.1, 0.15) is 27.7 Å². The molecular weight excluding hydrogens is 446 g/mol. The van der Waals surface area contributed by atoms with Crippen molar-refractivity contribution in [2.45, 2.75) is 37.6 Å². The van der Waals surface area contributed by atoms with Gasteiger partial charge in [-0.15, -0.1) is 0 Å². The summed E-state index contributed by atoms with van der Waals surface area (Å²) in [6.45, 7) is 0. The molecule has 3 N–H and O–H groups in total. The summed E-state index contributed by atoms with van der Waals surface area (Å²) in [5, 5.41) is -0.738. The van der Waals surface area contributed by atoms with E-state index in [1.54, 1.807) is 0 Å². The van der Waals surface area contributed by atoms with Crippen LogP contribution < -0.4 is 16.7 Å². The molecule has 1 aliphatic rings. The lowest BCUT2D eigenvalue weighted by Gasteiger charge is -2.27. The van der Waals surface area contributed by atoms with Gasteiger partial charge in [0, 0.05) is 17.7 Å². The molecule has 2 aromatic heterocycles. The van der Waals surface area contributed by atoms with Crippen molar-refractivity contribution in [1.29, 1.82) is 0 Å². The van der Waals surface area contributed by atoms with Crippen LogP contribution in [-0.2, 0) is 0 Å². The number of H-pyrrole nitrogens is 1. The third-order valence-electron chi connectivity index (χ3n) is 6.14. The van der Waals surface area contributed by atoms with Crippen LogP contribution in [0.3, 0.4) is 0 Å². The van der Waals surface area contributed by atoms with E-state index in [1.165, 1.54) is 0 Å². The monoisotopic (exact) mass is 463 g/mol. The van der Waals surface area contributed by atoms with E-state index in [0.29, 0.717) is 31.7 Å². The van der Waals surface area contributed by atoms with Crippen molar-refractivity contribution in [1.82, 2.24) is 8.94 Å². The number of benzene rings is 2. The van der Waals surface area contributed by atoms with Gasteiger partial charge in [0.15, 0.2) is 5.82 Å². The van der Waals surface area contributed by atoms with E-state index < -0.39 is 45.6 Å². The second kappa shape index (κ2) is 7.56. The maximum absolute atomic E-state index is 16.0. The summed E-state index contributed by atoms with van der Waals surface area (Å²) >= 11 is 0.720. The second-order valence-corrected chi connectivity index (χ2v) is 8.86. The lowest BCUT2D eigenvalue weighted by Crippen LogP contribution is -2.26. The van der Waals surface area contributed by atoms with E-state index >= 15 is 8.78 Å². The van der Waals surface area contributed by atoms with Gasteiger partial charge in [0.2, 0.25) is 5.43 Å². The Bertz CT molecular complexity index is 1500. The number of nitrogens with one attached hydrogen (secondary N) is 1. The summed E-state index contributed by atoms with van der Waals surface area (Å²) in [4.78, 5) is 25.2. The molecule has 2 aromatic carbocycles. The van der Waals surface area contributed by atoms with E-state index in [9.17, 15) is 18.4 Å². The molecule has 0 amide bonds. The highest BCUT2D eigenvalue weighted by molar-refractivity contribution is 7.12. The number of hydrogen-bond donors (Lipinski definition) is 2. The van der Waals surface area contributed by atoms with Crippen LogP contribution in [0.2, 0.25) is 0 Å². The Morgan fingerprint density at radius 1 is 1.00 bits per heavy atom. The fourth-order valence-electron chi connectivity index (χ4n) is 4.58. The predicted octanol–water partition coefficient (Wildman–Crippen LogP) is 4.44. The molecule has 0 saturated heterocycles. The number of aromatic nitrogens is 2. The number of rotatable bonds is 2. The smallest absolute Gasteiger partial charge is 0.271 e. The molecule has 0 atom stereocenters. The summed E-state index contributed by atoms with van der Waals surface area (Å²) < 4.78 is 62.8. The summed E-state index contributed by atoms with van der Waals surface area (Å²) in [5.41, 5.74) is 3.50. The van der Waals surface area contributed by atoms with E-state index in [-0.39, 0.29) is 33.0 Å². The first-order valence-corrected chi connectivity index (χ1v) is 10.9. The number of nitrogens with two attached hydrogens (primary N) is 1. The van der Waals surface area contributed by atoms with Crippen molar-refractivity contribution in [2.24, 2.45) is 5.73 Å². The van der Waals surface area contributed by atoms with Crippen molar-refractivity contribution in [2.75, 3.05) is 0 Å². The standard InChI is InChI=1S/C22H17F4N3O2S/c23-10-3-6-15(13(24)7-10)29-19-12(20(30)17-21(31)28-32-22(17)29)8-14(25)16(18(19)26)9-1-4-11(27)5-2-9/h3,6-9,11H,1-2,4-5,27H2,(H,28,31). The van der Waals surface area contributed by atoms with Crippen LogP contribution in [-0.4, -0.2) is 15.0 Å². The minimum atomic E-state index is -1.02. The molecule has 5 nitrogen and oxygen atoms in total. The lowest BCUT2D eigenvalue weighted by atomic mass is 9.81. The zero-order valence-corrected chi connectivity index (χ0v) is 17.4. The van der Waals surface area contributed by atoms with E-state index in [4.69, 9.17) is 5.73 Å². The van der Waals surface area contributed by atoms with E-state index in [2.05, 4.69) is 4.37 Å². The van der Waals surface area contributed by atoms with Crippen LogP contribution in [0.25, 0.3) is 26.8 Å². The fourth-order valence-corrected chi connectivity index (χ4v) is 5.44. The molecular formula is C22H17F4N3O2S. The van der Waals surface area contributed by atoms with Gasteiger partial charge in [0.25, 0.3) is 5.56 Å². The maximum atomic E-state index is 16.0. The Morgan fingerprint density at radius 3 is 2.41 bits per heavy atom. The van der Waals surface area contributed by atoms with Crippen LogP contribution in [0.5, 0.6) is 0 Å². The molecule has 1 aliphatic carbocycles. The number of hydrogen-bond acceptors (Lipinski definition) is 4. The van der Waals surface area contributed by atoms with Crippen LogP contribution in [0.15, 0.2) is 33.9 Å². The lowest BCUT2D eigenvalue weighted by molar-refractivity contribution is 0.377. The Labute approximate surface area is 182 Å². The molecule has 0 spiro atoms. The van der Waals surface area contributed by atoms with Crippen molar-refractivity contribution < 1.29 is 17.6 Å². The SMILES string of the molecule is NC1CCC(c2c(F)cc3c(=O)c4c(=O)[nH]sc4n(-c4ccc(F)cc4F)c3c2F)CC1. The van der Waals surface area contributed by atoms with Gasteiger partial charge in [-0.3, -0.25) is 18.5 Å². The first kappa shape index (κ1) is 20.9. The zero-order valence-electron chi connectivity index (χ0n) is 16.6. The van der Waals surface area contributed by atoms with Crippen LogP contribution in [0, 0.1) is 23.3 Å². The molecule has 5 rings (SSSR count). The molecule has 0 bridgehead atoms.